The molecule has 0 saturated heterocycles. The van der Waals surface area contributed by atoms with Gasteiger partial charge in [-0.25, -0.2) is 10.6 Å². The quantitative estimate of drug-likeness (QED) is 0.0638. The van der Waals surface area contributed by atoms with Gasteiger partial charge in [-0.1, -0.05) is 168 Å². The third kappa shape index (κ3) is 36.9. The zero-order valence-corrected chi connectivity index (χ0v) is 21.4. The number of hydrazine groups is 1. The van der Waals surface area contributed by atoms with Gasteiger partial charge in [-0.05, 0) is 0 Å². The zero-order chi connectivity index (χ0) is 23.3. The third-order valence-corrected chi connectivity index (χ3v) is 6.08. The fraction of sp³-hybridized carbons (Fsp3) is 0.963. The van der Waals surface area contributed by atoms with E-state index < -0.39 is 6.09 Å². The molecule has 4 N–H and O–H groups in total. The number of carbonyl (C=O) groups is 1. The normalized spacial score (nSPS) is 10.5. The Morgan fingerprint density at radius 2 is 0.613 bits per heavy atom. The summed E-state index contributed by atoms with van der Waals surface area (Å²) < 4.78 is 0. The molecular weight excluding hydrogens is 384 g/mol. The maximum absolute atomic E-state index is 9.13. The molecule has 0 saturated carbocycles. The Kier molecular flexibility index (Phi) is 32.8. The van der Waals surface area contributed by atoms with Crippen LogP contribution in [0.4, 0.5) is 4.79 Å². The minimum absolute atomic E-state index is 1.22. The highest BCUT2D eigenvalue weighted by atomic mass is 16.4. The van der Waals surface area contributed by atoms with E-state index in [0.717, 1.165) is 0 Å². The SMILES string of the molecule is CCCCCCCCCCCCCCCCCCCCCCCCCC.NNC(=O)O. The van der Waals surface area contributed by atoms with Crippen molar-refractivity contribution in [1.29, 1.82) is 0 Å². The van der Waals surface area contributed by atoms with Gasteiger partial charge in [0.05, 0.1) is 0 Å². The van der Waals surface area contributed by atoms with E-state index in [1.165, 1.54) is 160 Å². The predicted octanol–water partition coefficient (Wildman–Crippen LogP) is 9.52. The van der Waals surface area contributed by atoms with Crippen LogP contribution in [0.1, 0.15) is 168 Å². The van der Waals surface area contributed by atoms with E-state index in [1.54, 1.807) is 0 Å². The van der Waals surface area contributed by atoms with Crippen LogP contribution in [0.2, 0.25) is 0 Å². The summed E-state index contributed by atoms with van der Waals surface area (Å²) in [5.41, 5.74) is 1.44. The average molecular weight is 443 g/mol. The lowest BCUT2D eigenvalue weighted by molar-refractivity contribution is 0.194. The van der Waals surface area contributed by atoms with Crippen molar-refractivity contribution in [3.8, 4) is 0 Å². The topological polar surface area (TPSA) is 75.3 Å². The van der Waals surface area contributed by atoms with Gasteiger partial charge in [-0.2, -0.15) is 0 Å². The second-order valence-corrected chi connectivity index (χ2v) is 9.23. The molecule has 0 spiro atoms. The highest BCUT2D eigenvalue weighted by molar-refractivity contribution is 5.63. The van der Waals surface area contributed by atoms with Gasteiger partial charge < -0.3 is 5.11 Å². The van der Waals surface area contributed by atoms with Crippen LogP contribution in [0, 0.1) is 0 Å². The van der Waals surface area contributed by atoms with Gasteiger partial charge in [0.2, 0.25) is 0 Å². The maximum atomic E-state index is 9.13. The third-order valence-electron chi connectivity index (χ3n) is 6.08. The summed E-state index contributed by atoms with van der Waals surface area (Å²) >= 11 is 0. The molecule has 0 aliphatic heterocycles. The minimum Gasteiger partial charge on any atom is -0.464 e. The first kappa shape index (κ1) is 32.4. The van der Waals surface area contributed by atoms with Gasteiger partial charge in [-0.3, -0.25) is 5.43 Å². The van der Waals surface area contributed by atoms with E-state index in [0.29, 0.717) is 0 Å². The monoisotopic (exact) mass is 442 g/mol. The van der Waals surface area contributed by atoms with Crippen LogP contribution in [-0.4, -0.2) is 11.2 Å². The Balaban J connectivity index is 0. The van der Waals surface area contributed by atoms with Crippen molar-refractivity contribution in [3.05, 3.63) is 0 Å². The number of nitrogens with one attached hydrogen (secondary N) is 1. The largest absolute Gasteiger partial charge is 0.464 e. The summed E-state index contributed by atoms with van der Waals surface area (Å²) in [6, 6.07) is 0. The molecule has 0 rings (SSSR count). The van der Waals surface area contributed by atoms with Crippen LogP contribution in [0.25, 0.3) is 0 Å². The second-order valence-electron chi connectivity index (χ2n) is 9.23. The first-order chi connectivity index (χ1) is 15.2. The van der Waals surface area contributed by atoms with Crippen molar-refractivity contribution in [2.75, 3.05) is 0 Å². The zero-order valence-electron chi connectivity index (χ0n) is 21.4. The molecule has 0 aromatic rings. The van der Waals surface area contributed by atoms with Gasteiger partial charge in [0.15, 0.2) is 0 Å². The average Bonchev–Trinajstić information content (AvgIpc) is 2.77. The first-order valence-corrected chi connectivity index (χ1v) is 13.9. The van der Waals surface area contributed by atoms with E-state index in [9.17, 15) is 0 Å². The molecule has 0 aliphatic rings. The fourth-order valence-electron chi connectivity index (χ4n) is 4.04. The van der Waals surface area contributed by atoms with Crippen molar-refractivity contribution < 1.29 is 9.90 Å². The van der Waals surface area contributed by atoms with Crippen LogP contribution in [0.3, 0.4) is 0 Å². The van der Waals surface area contributed by atoms with Crippen molar-refractivity contribution in [2.45, 2.75) is 168 Å². The van der Waals surface area contributed by atoms with Gasteiger partial charge >= 0.3 is 6.09 Å². The predicted molar refractivity (Wildman–Crippen MR) is 138 cm³/mol. The van der Waals surface area contributed by atoms with Crippen molar-refractivity contribution >= 4 is 6.09 Å². The molecule has 4 nitrogen and oxygen atoms in total. The lowest BCUT2D eigenvalue weighted by atomic mass is 10.0. The molecule has 0 bridgehead atoms. The first-order valence-electron chi connectivity index (χ1n) is 13.9. The van der Waals surface area contributed by atoms with E-state index in [-0.39, 0.29) is 0 Å². The molecule has 0 atom stereocenters. The minimum atomic E-state index is -1.22. The summed E-state index contributed by atoms with van der Waals surface area (Å²) in [6.07, 6.45) is 34.2. The van der Waals surface area contributed by atoms with Gasteiger partial charge in [0.1, 0.15) is 0 Å². The molecule has 0 aliphatic carbocycles. The smallest absolute Gasteiger partial charge is 0.418 e. The summed E-state index contributed by atoms with van der Waals surface area (Å²) in [5.74, 6) is 4.32. The molecule has 0 fully saturated rings. The number of carboxylic acid groups (broad SMARTS) is 1. The molecule has 4 heteroatoms. The van der Waals surface area contributed by atoms with Gasteiger partial charge in [0, 0.05) is 0 Å². The summed E-state index contributed by atoms with van der Waals surface area (Å²) in [6.45, 7) is 4.61. The van der Waals surface area contributed by atoms with E-state index >= 15 is 0 Å². The molecule has 0 radical (unpaired) electrons. The molecule has 0 heterocycles. The van der Waals surface area contributed by atoms with Crippen LogP contribution in [0.15, 0.2) is 0 Å². The second kappa shape index (κ2) is 31.4. The van der Waals surface area contributed by atoms with Gasteiger partial charge in [-0.15, -0.1) is 0 Å². The van der Waals surface area contributed by atoms with Crippen LogP contribution in [-0.2, 0) is 0 Å². The number of hydrogen-bond donors (Lipinski definition) is 3. The molecule has 188 valence electrons. The lowest BCUT2D eigenvalue weighted by Gasteiger charge is -2.04. The summed E-state index contributed by atoms with van der Waals surface area (Å²) in [5, 5.41) is 7.49. The molecular formula is C27H58N2O2. The van der Waals surface area contributed by atoms with Crippen LogP contribution in [0.5, 0.6) is 0 Å². The van der Waals surface area contributed by atoms with Crippen molar-refractivity contribution in [3.63, 3.8) is 0 Å². The molecule has 0 aromatic carbocycles. The number of hydrogen-bond acceptors (Lipinski definition) is 2. The lowest BCUT2D eigenvalue weighted by Crippen LogP contribution is -2.27. The summed E-state index contributed by atoms with van der Waals surface area (Å²) in [4.78, 5) is 9.13. The van der Waals surface area contributed by atoms with Crippen LogP contribution >= 0.6 is 0 Å². The Bertz CT molecular complexity index is 300. The summed E-state index contributed by atoms with van der Waals surface area (Å²) in [7, 11) is 0. The highest BCUT2D eigenvalue weighted by Crippen LogP contribution is 2.15. The van der Waals surface area contributed by atoms with E-state index in [2.05, 4.69) is 19.7 Å². The van der Waals surface area contributed by atoms with Crippen molar-refractivity contribution in [2.24, 2.45) is 5.84 Å². The molecule has 31 heavy (non-hydrogen) atoms. The number of rotatable bonds is 23. The Hall–Kier alpha value is -0.770. The molecule has 0 unspecified atom stereocenters. The fourth-order valence-corrected chi connectivity index (χ4v) is 4.04. The number of amides is 1. The van der Waals surface area contributed by atoms with Crippen molar-refractivity contribution in [1.82, 2.24) is 5.43 Å². The standard InChI is InChI=1S/C26H54.CH4N2O2/c1-3-5-7-9-11-13-15-17-19-21-23-25-26-24-22-20-18-16-14-12-10-8-6-4-2;2-3-1(4)5/h3-26H2,1-2H3;3H,2H2,(H,4,5). The van der Waals surface area contributed by atoms with E-state index in [1.807, 2.05) is 0 Å². The van der Waals surface area contributed by atoms with Gasteiger partial charge in [0.25, 0.3) is 0 Å². The number of unbranched alkanes of at least 4 members (excludes halogenated alkanes) is 23. The Morgan fingerprint density at radius 1 is 0.484 bits per heavy atom. The van der Waals surface area contributed by atoms with E-state index in [4.69, 9.17) is 9.90 Å². The number of nitrogens with two attached hydrogens (primary N) is 1. The highest BCUT2D eigenvalue weighted by Gasteiger charge is 1.95. The maximum Gasteiger partial charge on any atom is 0.418 e. The molecule has 0 aromatic heterocycles. The Morgan fingerprint density at radius 3 is 0.710 bits per heavy atom. The molecule has 1 amide bonds. The van der Waals surface area contributed by atoms with Crippen LogP contribution < -0.4 is 11.3 Å². The Labute approximate surface area is 195 Å².